The maximum Gasteiger partial charge on any atom is 0.243 e. The number of carbonyl (C=O) groups is 1. The van der Waals surface area contributed by atoms with Crippen LogP contribution in [0, 0.1) is 5.82 Å². The topological polar surface area (TPSA) is 66.5 Å². The number of nitrogens with zero attached hydrogens (tertiary/aromatic N) is 1. The van der Waals surface area contributed by atoms with Crippen LogP contribution in [0.1, 0.15) is 30.4 Å². The number of nitrogens with one attached hydrogen (secondary N) is 1. The van der Waals surface area contributed by atoms with E-state index in [1.165, 1.54) is 27.6 Å². The average Bonchev–Trinajstić information content (AvgIpc) is 3.31. The molecule has 1 aliphatic carbocycles. The van der Waals surface area contributed by atoms with Crippen LogP contribution in [0.5, 0.6) is 0 Å². The van der Waals surface area contributed by atoms with Gasteiger partial charge in [0.25, 0.3) is 0 Å². The molecule has 5 nitrogen and oxygen atoms in total. The zero-order valence-electron chi connectivity index (χ0n) is 14.8. The van der Waals surface area contributed by atoms with Crippen molar-refractivity contribution in [1.29, 1.82) is 0 Å². The summed E-state index contributed by atoms with van der Waals surface area (Å²) in [5, 5.41) is 2.87. The lowest BCUT2D eigenvalue weighted by Gasteiger charge is -2.23. The second-order valence-corrected chi connectivity index (χ2v) is 8.94. The number of sulfonamides is 1. The molecule has 2 aliphatic rings. The van der Waals surface area contributed by atoms with E-state index in [2.05, 4.69) is 5.32 Å². The number of hydrogen-bond donors (Lipinski definition) is 1. The Morgan fingerprint density at radius 2 is 1.78 bits per heavy atom. The predicted molar refractivity (Wildman–Crippen MR) is 100 cm³/mol. The quantitative estimate of drug-likeness (QED) is 0.875. The van der Waals surface area contributed by atoms with E-state index in [9.17, 15) is 17.6 Å². The fraction of sp³-hybridized carbons (Fsp3) is 0.350. The highest BCUT2D eigenvalue weighted by molar-refractivity contribution is 7.89. The molecule has 1 unspecified atom stereocenters. The molecule has 0 aromatic heterocycles. The molecule has 0 radical (unpaired) electrons. The van der Waals surface area contributed by atoms with Crippen molar-refractivity contribution >= 4 is 21.6 Å². The molecule has 7 heteroatoms. The lowest BCUT2D eigenvalue weighted by molar-refractivity contribution is -0.119. The van der Waals surface area contributed by atoms with E-state index in [-0.39, 0.29) is 17.3 Å². The number of anilines is 1. The molecular formula is C20H21FN2O3S. The van der Waals surface area contributed by atoms with E-state index in [1.54, 1.807) is 0 Å². The van der Waals surface area contributed by atoms with E-state index < -0.39 is 21.9 Å². The van der Waals surface area contributed by atoms with Crippen molar-refractivity contribution in [2.45, 2.75) is 43.0 Å². The fourth-order valence-electron chi connectivity index (χ4n) is 3.91. The van der Waals surface area contributed by atoms with Gasteiger partial charge in [0.05, 0.1) is 4.90 Å². The largest absolute Gasteiger partial charge is 0.325 e. The smallest absolute Gasteiger partial charge is 0.243 e. The van der Waals surface area contributed by atoms with Gasteiger partial charge < -0.3 is 5.32 Å². The maximum atomic E-state index is 13.1. The third kappa shape index (κ3) is 3.49. The van der Waals surface area contributed by atoms with Crippen molar-refractivity contribution in [2.24, 2.45) is 0 Å². The van der Waals surface area contributed by atoms with Gasteiger partial charge >= 0.3 is 0 Å². The van der Waals surface area contributed by atoms with E-state index in [0.717, 1.165) is 31.4 Å². The van der Waals surface area contributed by atoms with Crippen molar-refractivity contribution < 1.29 is 17.6 Å². The predicted octanol–water partition coefficient (Wildman–Crippen LogP) is 3.11. The first-order valence-electron chi connectivity index (χ1n) is 9.15. The highest BCUT2D eigenvalue weighted by atomic mass is 32.2. The summed E-state index contributed by atoms with van der Waals surface area (Å²) in [7, 11) is -3.85. The Kier molecular flexibility index (Phi) is 4.74. The maximum absolute atomic E-state index is 13.1. The monoisotopic (exact) mass is 388 g/mol. The standard InChI is InChI=1S/C20H21FN2O3S/c21-16-7-10-18(11-8-16)27(25,26)23-12-2-5-19(23)20(24)22-17-9-6-14-3-1-4-15(14)13-17/h6-11,13,19H,1-5,12H2,(H,22,24). The number of benzene rings is 2. The van der Waals surface area contributed by atoms with Gasteiger partial charge in [-0.25, -0.2) is 12.8 Å². The lowest BCUT2D eigenvalue weighted by atomic mass is 10.1. The Bertz CT molecular complexity index is 973. The average molecular weight is 388 g/mol. The van der Waals surface area contributed by atoms with Gasteiger partial charge in [0.15, 0.2) is 0 Å². The van der Waals surface area contributed by atoms with Gasteiger partial charge in [0.2, 0.25) is 15.9 Å². The molecule has 1 amide bonds. The molecule has 2 aromatic rings. The van der Waals surface area contributed by atoms with Gasteiger partial charge in [-0.15, -0.1) is 0 Å². The number of halogens is 1. The minimum atomic E-state index is -3.85. The van der Waals surface area contributed by atoms with Crippen LogP contribution in [0.3, 0.4) is 0 Å². The third-order valence-electron chi connectivity index (χ3n) is 5.29. The molecule has 1 saturated heterocycles. The number of rotatable bonds is 4. The van der Waals surface area contributed by atoms with Crippen LogP contribution in [-0.4, -0.2) is 31.2 Å². The number of hydrogen-bond acceptors (Lipinski definition) is 3. The highest BCUT2D eigenvalue weighted by Gasteiger charge is 2.39. The van der Waals surface area contributed by atoms with E-state index >= 15 is 0 Å². The molecule has 4 rings (SSSR count). The summed E-state index contributed by atoms with van der Waals surface area (Å²) in [5.74, 6) is -0.822. The molecule has 0 spiro atoms. The Balaban J connectivity index is 1.54. The summed E-state index contributed by atoms with van der Waals surface area (Å²) < 4.78 is 40.1. The third-order valence-corrected chi connectivity index (χ3v) is 7.21. The fourth-order valence-corrected chi connectivity index (χ4v) is 5.56. The van der Waals surface area contributed by atoms with Gasteiger partial charge in [-0.3, -0.25) is 4.79 Å². The van der Waals surface area contributed by atoms with Gasteiger partial charge in [0.1, 0.15) is 11.9 Å². The SMILES string of the molecule is O=C(Nc1ccc2c(c1)CCC2)C1CCCN1S(=O)(=O)c1ccc(F)cc1. The summed E-state index contributed by atoms with van der Waals surface area (Å²) in [6, 6.07) is 9.82. The summed E-state index contributed by atoms with van der Waals surface area (Å²) in [4.78, 5) is 12.8. The molecule has 1 N–H and O–H groups in total. The Morgan fingerprint density at radius 3 is 2.56 bits per heavy atom. The number of amides is 1. The first kappa shape index (κ1) is 18.1. The second kappa shape index (κ2) is 7.05. The Morgan fingerprint density at radius 1 is 1.04 bits per heavy atom. The molecule has 1 aliphatic heterocycles. The molecule has 2 aromatic carbocycles. The van der Waals surface area contributed by atoms with Gasteiger partial charge in [0, 0.05) is 12.2 Å². The van der Waals surface area contributed by atoms with Crippen LogP contribution in [0.25, 0.3) is 0 Å². The minimum absolute atomic E-state index is 0.00105. The molecule has 0 saturated carbocycles. The van der Waals surface area contributed by atoms with Gasteiger partial charge in [-0.05, 0) is 79.6 Å². The first-order valence-corrected chi connectivity index (χ1v) is 10.6. The number of aryl methyl sites for hydroxylation is 2. The van der Waals surface area contributed by atoms with E-state index in [0.29, 0.717) is 18.5 Å². The van der Waals surface area contributed by atoms with Crippen molar-refractivity contribution in [3.05, 3.63) is 59.4 Å². The van der Waals surface area contributed by atoms with Crippen LogP contribution in [0.4, 0.5) is 10.1 Å². The first-order chi connectivity index (χ1) is 12.9. The summed E-state index contributed by atoms with van der Waals surface area (Å²) in [5.41, 5.74) is 3.26. The Labute approximate surface area is 158 Å². The molecular weight excluding hydrogens is 367 g/mol. The second-order valence-electron chi connectivity index (χ2n) is 7.05. The van der Waals surface area contributed by atoms with Crippen LogP contribution in [0.2, 0.25) is 0 Å². The normalized spacial score (nSPS) is 19.8. The van der Waals surface area contributed by atoms with Crippen LogP contribution in [-0.2, 0) is 27.7 Å². The molecule has 1 heterocycles. The van der Waals surface area contributed by atoms with Crippen LogP contribution < -0.4 is 5.32 Å². The van der Waals surface area contributed by atoms with Gasteiger partial charge in [-0.1, -0.05) is 6.07 Å². The summed E-state index contributed by atoms with van der Waals surface area (Å²) >= 11 is 0. The van der Waals surface area contributed by atoms with Crippen molar-refractivity contribution in [3.63, 3.8) is 0 Å². The molecule has 142 valence electrons. The van der Waals surface area contributed by atoms with Crippen LogP contribution in [0.15, 0.2) is 47.4 Å². The van der Waals surface area contributed by atoms with Gasteiger partial charge in [-0.2, -0.15) is 4.31 Å². The van der Waals surface area contributed by atoms with Crippen molar-refractivity contribution in [1.82, 2.24) is 4.31 Å². The molecule has 1 fully saturated rings. The zero-order chi connectivity index (χ0) is 19.0. The summed E-state index contributed by atoms with van der Waals surface area (Å²) in [6.07, 6.45) is 4.28. The Hall–Kier alpha value is -2.25. The molecule has 27 heavy (non-hydrogen) atoms. The van der Waals surface area contributed by atoms with E-state index in [4.69, 9.17) is 0 Å². The van der Waals surface area contributed by atoms with Crippen molar-refractivity contribution in [3.8, 4) is 0 Å². The van der Waals surface area contributed by atoms with Crippen LogP contribution >= 0.6 is 0 Å². The summed E-state index contributed by atoms with van der Waals surface area (Å²) in [6.45, 7) is 0.280. The van der Waals surface area contributed by atoms with E-state index in [1.807, 2.05) is 18.2 Å². The molecule has 1 atom stereocenters. The highest BCUT2D eigenvalue weighted by Crippen LogP contribution is 2.28. The molecule has 0 bridgehead atoms. The lowest BCUT2D eigenvalue weighted by Crippen LogP contribution is -2.43. The minimum Gasteiger partial charge on any atom is -0.325 e. The number of carbonyl (C=O) groups excluding carboxylic acids is 1. The van der Waals surface area contributed by atoms with Crippen molar-refractivity contribution in [2.75, 3.05) is 11.9 Å². The zero-order valence-corrected chi connectivity index (χ0v) is 15.6. The number of fused-ring (bicyclic) bond motifs is 1.